The molecule has 0 saturated carbocycles. The molecule has 1 saturated heterocycles. The Balaban J connectivity index is 1.34. The highest BCUT2D eigenvalue weighted by Gasteiger charge is 2.39. The highest BCUT2D eigenvalue weighted by molar-refractivity contribution is 7.99. The van der Waals surface area contributed by atoms with Gasteiger partial charge in [0.05, 0.1) is 5.69 Å². The van der Waals surface area contributed by atoms with Crippen molar-refractivity contribution in [3.8, 4) is 0 Å². The summed E-state index contributed by atoms with van der Waals surface area (Å²) in [5.41, 5.74) is 3.18. The van der Waals surface area contributed by atoms with Gasteiger partial charge in [-0.2, -0.15) is 0 Å². The summed E-state index contributed by atoms with van der Waals surface area (Å²) in [7, 11) is 0. The molecule has 34 heavy (non-hydrogen) atoms. The monoisotopic (exact) mass is 480 g/mol. The van der Waals surface area contributed by atoms with Crippen LogP contribution in [0.3, 0.4) is 0 Å². The highest BCUT2D eigenvalue weighted by atomic mass is 32.2. The number of carbonyl (C=O) groups is 4. The summed E-state index contributed by atoms with van der Waals surface area (Å²) in [6, 6.07) is 8.77. The molecule has 0 spiro atoms. The van der Waals surface area contributed by atoms with Crippen LogP contribution in [0.5, 0.6) is 0 Å². The van der Waals surface area contributed by atoms with E-state index in [1.165, 1.54) is 4.90 Å². The van der Waals surface area contributed by atoms with E-state index in [0.29, 0.717) is 30.8 Å². The summed E-state index contributed by atoms with van der Waals surface area (Å²) in [4.78, 5) is 56.2. The molecule has 1 unspecified atom stereocenters. The third-order valence-electron chi connectivity index (χ3n) is 6.00. The number of imide groups is 1. The lowest BCUT2D eigenvalue weighted by Crippen LogP contribution is -2.52. The first-order chi connectivity index (χ1) is 16.4. The van der Waals surface area contributed by atoms with E-state index in [9.17, 15) is 19.2 Å². The highest BCUT2D eigenvalue weighted by Crippen LogP contribution is 2.28. The van der Waals surface area contributed by atoms with Crippen molar-refractivity contribution in [1.82, 2.24) is 15.2 Å². The maximum Gasteiger partial charge on any atom is 0.255 e. The number of nitrogens with zero attached hydrogens (tertiary/aromatic N) is 2. The molecule has 0 radical (unpaired) electrons. The predicted octanol–water partition coefficient (Wildman–Crippen LogP) is 3.22. The SMILES string of the molecule is CCCSc1ccc(NC(=O)CCc2ccc3c(c2)C(=O)N(C2CCC(=O)NC2=O)C3)nc1C. The zero-order chi connectivity index (χ0) is 24.2. The Hall–Kier alpha value is -3.20. The Bertz CT molecular complexity index is 1150. The van der Waals surface area contributed by atoms with Gasteiger partial charge >= 0.3 is 0 Å². The molecule has 4 amide bonds. The molecule has 2 aliphatic heterocycles. The summed E-state index contributed by atoms with van der Waals surface area (Å²) in [6.45, 7) is 4.42. The second-order valence-electron chi connectivity index (χ2n) is 8.57. The average molecular weight is 481 g/mol. The van der Waals surface area contributed by atoms with Gasteiger partial charge in [-0.15, -0.1) is 11.8 Å². The molecule has 1 atom stereocenters. The van der Waals surface area contributed by atoms with E-state index < -0.39 is 11.9 Å². The first kappa shape index (κ1) is 23.9. The van der Waals surface area contributed by atoms with Crippen LogP contribution in [0.1, 0.15) is 59.8 Å². The number of aromatic nitrogens is 1. The molecule has 4 rings (SSSR count). The van der Waals surface area contributed by atoms with Gasteiger partial charge in [0.15, 0.2) is 0 Å². The maximum atomic E-state index is 13.0. The molecule has 8 nitrogen and oxygen atoms in total. The maximum absolute atomic E-state index is 13.0. The number of fused-ring (bicyclic) bond motifs is 1. The third kappa shape index (κ3) is 5.30. The quantitative estimate of drug-likeness (QED) is 0.444. The van der Waals surface area contributed by atoms with Crippen molar-refractivity contribution < 1.29 is 19.2 Å². The Morgan fingerprint density at radius 3 is 2.79 bits per heavy atom. The zero-order valence-electron chi connectivity index (χ0n) is 19.3. The number of anilines is 1. The first-order valence-corrected chi connectivity index (χ1v) is 12.5. The number of thioether (sulfide) groups is 1. The van der Waals surface area contributed by atoms with Crippen LogP contribution >= 0.6 is 11.8 Å². The average Bonchev–Trinajstić information content (AvgIpc) is 3.13. The molecule has 2 aliphatic rings. The Morgan fingerprint density at radius 2 is 2.06 bits per heavy atom. The van der Waals surface area contributed by atoms with Crippen LogP contribution in [-0.2, 0) is 27.3 Å². The van der Waals surface area contributed by atoms with Crippen molar-refractivity contribution in [2.75, 3.05) is 11.1 Å². The number of aryl methyl sites for hydroxylation is 2. The lowest BCUT2D eigenvalue weighted by atomic mass is 10.0. The first-order valence-electron chi connectivity index (χ1n) is 11.5. The number of nitrogens with one attached hydrogen (secondary N) is 2. The second kappa shape index (κ2) is 10.4. The molecular formula is C25H28N4O4S. The molecule has 1 fully saturated rings. The minimum atomic E-state index is -0.630. The summed E-state index contributed by atoms with van der Waals surface area (Å²) < 4.78 is 0. The molecule has 9 heteroatoms. The van der Waals surface area contributed by atoms with Crippen LogP contribution in [0, 0.1) is 6.92 Å². The van der Waals surface area contributed by atoms with Crippen molar-refractivity contribution in [2.24, 2.45) is 0 Å². The van der Waals surface area contributed by atoms with Crippen molar-refractivity contribution in [3.63, 3.8) is 0 Å². The van der Waals surface area contributed by atoms with Gasteiger partial charge in [-0.1, -0.05) is 19.1 Å². The Labute approximate surface area is 202 Å². The van der Waals surface area contributed by atoms with Gasteiger partial charge in [0.25, 0.3) is 5.91 Å². The number of hydrogen-bond donors (Lipinski definition) is 2. The van der Waals surface area contributed by atoms with E-state index in [2.05, 4.69) is 22.5 Å². The molecule has 0 aliphatic carbocycles. The molecule has 2 N–H and O–H groups in total. The van der Waals surface area contributed by atoms with Gasteiger partial charge in [-0.05, 0) is 61.3 Å². The fraction of sp³-hybridized carbons (Fsp3) is 0.400. The van der Waals surface area contributed by atoms with Gasteiger partial charge in [-0.25, -0.2) is 4.98 Å². The molecule has 3 heterocycles. The summed E-state index contributed by atoms with van der Waals surface area (Å²) in [5.74, 6) is 0.488. The molecular weight excluding hydrogens is 452 g/mol. The summed E-state index contributed by atoms with van der Waals surface area (Å²) >= 11 is 1.76. The number of hydrogen-bond acceptors (Lipinski definition) is 6. The van der Waals surface area contributed by atoms with Gasteiger partial charge < -0.3 is 10.2 Å². The second-order valence-corrected chi connectivity index (χ2v) is 9.70. The molecule has 2 aromatic rings. The van der Waals surface area contributed by atoms with Gasteiger partial charge in [0, 0.05) is 29.8 Å². The van der Waals surface area contributed by atoms with Crippen LogP contribution in [0.4, 0.5) is 5.82 Å². The van der Waals surface area contributed by atoms with E-state index in [1.807, 2.05) is 31.2 Å². The van der Waals surface area contributed by atoms with Crippen molar-refractivity contribution in [3.05, 3.63) is 52.7 Å². The number of benzene rings is 1. The summed E-state index contributed by atoms with van der Waals surface area (Å²) in [6.07, 6.45) is 2.39. The standard InChI is InChI=1S/C25H28N4O4S/c1-3-12-34-20-8-9-21(26-15(20)2)27-22(30)10-5-16-4-6-17-14-29(25(33)18(17)13-16)19-7-11-23(31)28-24(19)32/h4,6,8-9,13,19H,3,5,7,10-12,14H2,1-2H3,(H,26,27,30)(H,28,31,32). The van der Waals surface area contributed by atoms with E-state index in [-0.39, 0.29) is 30.6 Å². The minimum absolute atomic E-state index is 0.141. The number of pyridine rings is 1. The van der Waals surface area contributed by atoms with Gasteiger partial charge in [0.2, 0.25) is 17.7 Å². The topological polar surface area (TPSA) is 108 Å². The fourth-order valence-corrected chi connectivity index (χ4v) is 5.05. The van der Waals surface area contributed by atoms with Crippen molar-refractivity contribution in [2.45, 2.75) is 63.4 Å². The minimum Gasteiger partial charge on any atom is -0.322 e. The lowest BCUT2D eigenvalue weighted by Gasteiger charge is -2.29. The molecule has 0 bridgehead atoms. The smallest absolute Gasteiger partial charge is 0.255 e. The van der Waals surface area contributed by atoms with Crippen LogP contribution < -0.4 is 10.6 Å². The number of piperidine rings is 1. The van der Waals surface area contributed by atoms with Gasteiger partial charge in [0.1, 0.15) is 11.9 Å². The molecule has 1 aromatic heterocycles. The number of amides is 4. The van der Waals surface area contributed by atoms with Gasteiger partial charge in [-0.3, -0.25) is 24.5 Å². The van der Waals surface area contributed by atoms with Crippen molar-refractivity contribution in [1.29, 1.82) is 0 Å². The Kier molecular flexibility index (Phi) is 7.31. The molecule has 178 valence electrons. The van der Waals surface area contributed by atoms with Crippen LogP contribution in [0.25, 0.3) is 0 Å². The van der Waals surface area contributed by atoms with E-state index in [0.717, 1.165) is 33.9 Å². The van der Waals surface area contributed by atoms with E-state index in [4.69, 9.17) is 0 Å². The van der Waals surface area contributed by atoms with E-state index >= 15 is 0 Å². The number of rotatable bonds is 8. The van der Waals surface area contributed by atoms with Crippen LogP contribution in [-0.4, -0.2) is 45.3 Å². The normalized spacial score (nSPS) is 17.5. The Morgan fingerprint density at radius 1 is 1.24 bits per heavy atom. The van der Waals surface area contributed by atoms with Crippen molar-refractivity contribution >= 4 is 41.2 Å². The largest absolute Gasteiger partial charge is 0.322 e. The third-order valence-corrected chi connectivity index (χ3v) is 7.35. The lowest BCUT2D eigenvalue weighted by molar-refractivity contribution is -0.137. The zero-order valence-corrected chi connectivity index (χ0v) is 20.2. The molecule has 1 aromatic carbocycles. The van der Waals surface area contributed by atoms with Crippen LogP contribution in [0.15, 0.2) is 35.2 Å². The fourth-order valence-electron chi connectivity index (χ4n) is 4.20. The van der Waals surface area contributed by atoms with Crippen LogP contribution in [0.2, 0.25) is 0 Å². The summed E-state index contributed by atoms with van der Waals surface area (Å²) in [5, 5.41) is 5.16. The predicted molar refractivity (Wildman–Crippen MR) is 129 cm³/mol. The number of carbonyl (C=O) groups excluding carboxylic acids is 4. The van der Waals surface area contributed by atoms with E-state index in [1.54, 1.807) is 17.8 Å².